The molecule has 0 spiro atoms. The second-order valence-electron chi connectivity index (χ2n) is 10.8. The van der Waals surface area contributed by atoms with E-state index < -0.39 is 0 Å². The Morgan fingerprint density at radius 3 is 2.94 bits per heavy atom. The lowest BCUT2D eigenvalue weighted by molar-refractivity contribution is 0.0926. The van der Waals surface area contributed by atoms with E-state index in [1.165, 1.54) is 78.0 Å². The number of aromatic nitrogens is 2. The predicted octanol–water partition coefficient (Wildman–Crippen LogP) is 5.85. The number of fused-ring (bicyclic) bond motifs is 3. The molecule has 0 unspecified atom stereocenters. The maximum atomic E-state index is 5.69. The van der Waals surface area contributed by atoms with Crippen LogP contribution in [-0.2, 0) is 19.3 Å². The van der Waals surface area contributed by atoms with E-state index in [2.05, 4.69) is 64.7 Å². The molecular formula is C29H43N5S2. The molecule has 5 nitrogen and oxygen atoms in total. The van der Waals surface area contributed by atoms with Crippen molar-refractivity contribution in [3.8, 4) is 0 Å². The highest BCUT2D eigenvalue weighted by atomic mass is 32.2. The van der Waals surface area contributed by atoms with Crippen LogP contribution in [0.2, 0.25) is 0 Å². The Kier molecular flexibility index (Phi) is 8.61. The molecule has 2 aromatic heterocycles. The molecule has 4 N–H and O–H groups in total. The monoisotopic (exact) mass is 525 g/mol. The number of anilines is 1. The topological polar surface area (TPSA) is 70.0 Å². The summed E-state index contributed by atoms with van der Waals surface area (Å²) in [6.07, 6.45) is 13.0. The van der Waals surface area contributed by atoms with Crippen molar-refractivity contribution in [3.05, 3.63) is 46.1 Å². The number of nitrogens with zero attached hydrogens (tertiary/aromatic N) is 2. The third-order valence-electron chi connectivity index (χ3n) is 8.21. The molecule has 3 heterocycles. The number of benzene rings is 1. The van der Waals surface area contributed by atoms with Crippen molar-refractivity contribution < 1.29 is 0 Å². The van der Waals surface area contributed by atoms with Crippen molar-refractivity contribution in [3.63, 3.8) is 0 Å². The highest BCUT2D eigenvalue weighted by molar-refractivity contribution is 7.98. The van der Waals surface area contributed by atoms with Crippen molar-refractivity contribution in [1.82, 2.24) is 20.2 Å². The molecule has 196 valence electrons. The lowest BCUT2D eigenvalue weighted by Crippen LogP contribution is -2.50. The first kappa shape index (κ1) is 26.1. The lowest BCUT2D eigenvalue weighted by Gasteiger charge is -2.47. The Labute approximate surface area is 225 Å². The van der Waals surface area contributed by atoms with Crippen LogP contribution in [0, 0.1) is 5.92 Å². The summed E-state index contributed by atoms with van der Waals surface area (Å²) in [6, 6.07) is 8.22. The molecule has 0 amide bonds. The van der Waals surface area contributed by atoms with Crippen LogP contribution in [0.5, 0.6) is 0 Å². The molecule has 1 saturated heterocycles. The van der Waals surface area contributed by atoms with E-state index in [0.29, 0.717) is 12.1 Å². The van der Waals surface area contributed by atoms with Gasteiger partial charge in [-0.25, -0.2) is 4.98 Å². The van der Waals surface area contributed by atoms with Gasteiger partial charge in [0.2, 0.25) is 0 Å². The zero-order valence-electron chi connectivity index (χ0n) is 22.2. The zero-order chi connectivity index (χ0) is 25.1. The molecule has 6 rings (SSSR count). The minimum absolute atomic E-state index is 0.641. The highest BCUT2D eigenvalue weighted by Gasteiger charge is 2.40. The van der Waals surface area contributed by atoms with Gasteiger partial charge in [0.15, 0.2) is 5.13 Å². The summed E-state index contributed by atoms with van der Waals surface area (Å²) in [4.78, 5) is 12.0. The van der Waals surface area contributed by atoms with E-state index in [1.54, 1.807) is 16.9 Å². The van der Waals surface area contributed by atoms with Gasteiger partial charge in [-0.2, -0.15) is 11.8 Å². The van der Waals surface area contributed by atoms with Crippen LogP contribution in [-0.4, -0.2) is 58.6 Å². The van der Waals surface area contributed by atoms with E-state index in [1.807, 2.05) is 11.8 Å². The number of nitrogens with one attached hydrogen (secondary N) is 2. The molecule has 3 aliphatic rings. The minimum atomic E-state index is 0.641. The van der Waals surface area contributed by atoms with Gasteiger partial charge in [-0.15, -0.1) is 11.3 Å². The number of aryl methyl sites for hydroxylation is 1. The summed E-state index contributed by atoms with van der Waals surface area (Å²) in [5.74, 6) is 2.88. The molecule has 36 heavy (non-hydrogen) atoms. The first-order valence-corrected chi connectivity index (χ1v) is 16.1. The molecule has 1 fully saturated rings. The van der Waals surface area contributed by atoms with Crippen LogP contribution in [0.25, 0.3) is 10.9 Å². The van der Waals surface area contributed by atoms with E-state index in [4.69, 9.17) is 5.73 Å². The van der Waals surface area contributed by atoms with Gasteiger partial charge in [0.05, 0.1) is 5.69 Å². The average molecular weight is 526 g/mol. The fourth-order valence-corrected chi connectivity index (χ4v) is 8.39. The van der Waals surface area contributed by atoms with E-state index in [0.717, 1.165) is 36.4 Å². The normalized spacial score (nSPS) is 25.2. The molecule has 0 bridgehead atoms. The number of nitrogens with two attached hydrogens (primary N) is 1. The second-order valence-corrected chi connectivity index (χ2v) is 12.9. The quantitative estimate of drug-likeness (QED) is 0.361. The molecule has 0 saturated carbocycles. The summed E-state index contributed by atoms with van der Waals surface area (Å²) in [5.41, 5.74) is 11.4. The van der Waals surface area contributed by atoms with Gasteiger partial charge in [-0.3, -0.25) is 4.90 Å². The number of piperidine rings is 1. The number of thioether (sulfide) groups is 1. The molecular weight excluding hydrogens is 482 g/mol. The maximum Gasteiger partial charge on any atom is 0.180 e. The van der Waals surface area contributed by atoms with Crippen molar-refractivity contribution in [2.24, 2.45) is 5.92 Å². The van der Waals surface area contributed by atoms with Gasteiger partial charge < -0.3 is 16.0 Å². The Morgan fingerprint density at radius 1 is 1.25 bits per heavy atom. The van der Waals surface area contributed by atoms with Crippen LogP contribution < -0.4 is 11.1 Å². The highest BCUT2D eigenvalue weighted by Crippen LogP contribution is 2.45. The Balaban J connectivity index is 0.000000165. The summed E-state index contributed by atoms with van der Waals surface area (Å²) in [6.45, 7) is 8.19. The Hall–Kier alpha value is -1.54. The second kappa shape index (κ2) is 11.9. The van der Waals surface area contributed by atoms with Crippen molar-refractivity contribution in [2.75, 3.05) is 37.4 Å². The number of hydrogen-bond donors (Lipinski definition) is 3. The number of thiazole rings is 1. The van der Waals surface area contributed by atoms with Crippen LogP contribution in [0.3, 0.4) is 0 Å². The minimum Gasteiger partial charge on any atom is -0.375 e. The molecule has 7 heteroatoms. The van der Waals surface area contributed by atoms with Crippen molar-refractivity contribution in [1.29, 1.82) is 0 Å². The van der Waals surface area contributed by atoms with Crippen LogP contribution in [0.15, 0.2) is 24.4 Å². The van der Waals surface area contributed by atoms with Crippen molar-refractivity contribution >= 4 is 39.1 Å². The van der Waals surface area contributed by atoms with Gasteiger partial charge in [-0.05, 0) is 93.2 Å². The lowest BCUT2D eigenvalue weighted by atomic mass is 9.72. The predicted molar refractivity (Wildman–Crippen MR) is 158 cm³/mol. The summed E-state index contributed by atoms with van der Waals surface area (Å²) in [7, 11) is 0. The fraction of sp³-hybridized carbons (Fsp3) is 0.621. The fourth-order valence-electron chi connectivity index (χ4n) is 6.72. The third kappa shape index (κ3) is 5.50. The molecule has 2 aliphatic carbocycles. The van der Waals surface area contributed by atoms with Gasteiger partial charge in [-0.1, -0.05) is 26.0 Å². The number of aromatic amines is 1. The van der Waals surface area contributed by atoms with E-state index in [-0.39, 0.29) is 0 Å². The maximum absolute atomic E-state index is 5.69. The molecule has 1 aromatic carbocycles. The molecule has 3 aromatic rings. The Morgan fingerprint density at radius 2 is 2.14 bits per heavy atom. The first-order chi connectivity index (χ1) is 17.6. The first-order valence-electron chi connectivity index (χ1n) is 13.9. The number of nitrogen functional groups attached to an aromatic ring is 1. The molecule has 0 radical (unpaired) electrons. The smallest absolute Gasteiger partial charge is 0.180 e. The van der Waals surface area contributed by atoms with Crippen molar-refractivity contribution in [2.45, 2.75) is 76.8 Å². The average Bonchev–Trinajstić information content (AvgIpc) is 3.47. The number of H-pyrrole nitrogens is 1. The van der Waals surface area contributed by atoms with E-state index in [9.17, 15) is 0 Å². The zero-order valence-corrected chi connectivity index (χ0v) is 23.8. The van der Waals surface area contributed by atoms with Crippen LogP contribution in [0.4, 0.5) is 5.13 Å². The van der Waals surface area contributed by atoms with Gasteiger partial charge >= 0.3 is 0 Å². The Bertz CT molecular complexity index is 1140. The van der Waals surface area contributed by atoms with Gasteiger partial charge in [0.25, 0.3) is 0 Å². The number of likely N-dealkylation sites (tertiary alicyclic amines) is 1. The largest absolute Gasteiger partial charge is 0.375 e. The number of hydrogen-bond acceptors (Lipinski definition) is 6. The van der Waals surface area contributed by atoms with E-state index >= 15 is 0 Å². The SMILES string of the molecule is CCCN1C[C@H](CSC)C[C@@H]2c3cccc4[nH]cc(c34)C[C@H]21.CCCN[C@H]1CCc2nc(N)sc2C1. The van der Waals surface area contributed by atoms with Gasteiger partial charge in [0.1, 0.15) is 0 Å². The third-order valence-corrected chi connectivity index (χ3v) is 9.97. The van der Waals surface area contributed by atoms with Crippen LogP contribution in [0.1, 0.15) is 67.1 Å². The summed E-state index contributed by atoms with van der Waals surface area (Å²) < 4.78 is 0. The van der Waals surface area contributed by atoms with Gasteiger partial charge in [0, 0.05) is 46.5 Å². The summed E-state index contributed by atoms with van der Waals surface area (Å²) >= 11 is 3.67. The molecule has 4 atom stereocenters. The standard InChI is InChI=1S/C19H26N2S.C10H17N3S/c1-3-7-21-11-13(12-22-2)8-16-15-5-4-6-17-19(15)14(10-20-17)9-18(16)21;1-2-5-12-7-3-4-8-9(6-7)14-10(11)13-8/h4-6,10,13,16,18,20H,3,7-9,11-12H2,1-2H3;7,12H,2-6H2,1H3,(H2,11,13)/t13-,16-,18-;7-/m10/s1. The summed E-state index contributed by atoms with van der Waals surface area (Å²) in [5, 5.41) is 5.82. The molecule has 1 aliphatic heterocycles. The number of rotatable bonds is 7. The van der Waals surface area contributed by atoms with Crippen LogP contribution >= 0.6 is 23.1 Å².